The summed E-state index contributed by atoms with van der Waals surface area (Å²) in [6.45, 7) is 0. The van der Waals surface area contributed by atoms with Crippen molar-refractivity contribution in [3.05, 3.63) is 66.2 Å². The van der Waals surface area contributed by atoms with Gasteiger partial charge in [-0.15, -0.1) is 12.6 Å². The smallest absolute Gasteiger partial charge is 0.255 e. The summed E-state index contributed by atoms with van der Waals surface area (Å²) in [5, 5.41) is 4.66. The minimum Gasteiger partial charge on any atom is -0.321 e. The molecule has 1 aromatic heterocycles. The minimum atomic E-state index is -0.453. The van der Waals surface area contributed by atoms with Crippen LogP contribution in [0.1, 0.15) is 10.4 Å². The number of hydrogen-bond donors (Lipinski definition) is 2. The highest BCUT2D eigenvalue weighted by Crippen LogP contribution is 2.23. The Morgan fingerprint density at radius 1 is 1.19 bits per heavy atom. The second-order valence-corrected chi connectivity index (χ2v) is 5.00. The lowest BCUT2D eigenvalue weighted by molar-refractivity contribution is 0.102. The number of aromatic nitrogens is 1. The summed E-state index contributed by atoms with van der Waals surface area (Å²) in [6, 6.07) is 11.5. The molecule has 2 aromatic carbocycles. The summed E-state index contributed by atoms with van der Waals surface area (Å²) in [6.07, 6.45) is 3.40. The van der Waals surface area contributed by atoms with Gasteiger partial charge in [0.25, 0.3) is 5.91 Å². The summed E-state index contributed by atoms with van der Waals surface area (Å²) in [7, 11) is 0. The predicted octanol–water partition coefficient (Wildman–Crippen LogP) is 3.91. The molecule has 1 heterocycles. The van der Waals surface area contributed by atoms with Gasteiger partial charge in [-0.2, -0.15) is 0 Å². The molecule has 21 heavy (non-hydrogen) atoms. The highest BCUT2D eigenvalue weighted by Gasteiger charge is 2.10. The number of benzene rings is 2. The average Bonchev–Trinajstić information content (AvgIpc) is 2.50. The molecular formula is C16H11FN2OS. The maximum absolute atomic E-state index is 13.2. The first kappa shape index (κ1) is 13.6. The van der Waals surface area contributed by atoms with Crippen molar-refractivity contribution in [2.75, 3.05) is 5.32 Å². The first-order valence-electron chi connectivity index (χ1n) is 6.28. The van der Waals surface area contributed by atoms with Gasteiger partial charge in [0.05, 0.1) is 0 Å². The number of thiol groups is 1. The highest BCUT2D eigenvalue weighted by molar-refractivity contribution is 7.80. The third kappa shape index (κ3) is 2.73. The topological polar surface area (TPSA) is 42.0 Å². The van der Waals surface area contributed by atoms with E-state index in [-0.39, 0.29) is 10.8 Å². The molecule has 0 spiro atoms. The van der Waals surface area contributed by atoms with Crippen LogP contribution in [0.25, 0.3) is 10.8 Å². The number of amides is 1. The van der Waals surface area contributed by atoms with Crippen molar-refractivity contribution in [2.45, 2.75) is 4.90 Å². The van der Waals surface area contributed by atoms with Gasteiger partial charge in [-0.05, 0) is 30.3 Å². The van der Waals surface area contributed by atoms with Crippen molar-refractivity contribution in [1.82, 2.24) is 4.98 Å². The number of halogens is 1. The number of pyridine rings is 1. The van der Waals surface area contributed by atoms with E-state index in [4.69, 9.17) is 0 Å². The molecule has 0 saturated carbocycles. The molecule has 1 amide bonds. The van der Waals surface area contributed by atoms with Crippen LogP contribution in [0.5, 0.6) is 0 Å². The summed E-state index contributed by atoms with van der Waals surface area (Å²) < 4.78 is 13.2. The van der Waals surface area contributed by atoms with Gasteiger partial charge in [0.2, 0.25) is 0 Å². The number of hydrogen-bond acceptors (Lipinski definition) is 3. The molecule has 0 unspecified atom stereocenters. The van der Waals surface area contributed by atoms with Crippen LogP contribution in [-0.2, 0) is 0 Å². The van der Waals surface area contributed by atoms with E-state index < -0.39 is 5.82 Å². The van der Waals surface area contributed by atoms with E-state index in [0.717, 1.165) is 10.8 Å². The Balaban J connectivity index is 1.94. The third-order valence-corrected chi connectivity index (χ3v) is 3.48. The van der Waals surface area contributed by atoms with E-state index in [9.17, 15) is 9.18 Å². The van der Waals surface area contributed by atoms with Crippen LogP contribution in [0.15, 0.2) is 59.8 Å². The van der Waals surface area contributed by atoms with E-state index in [0.29, 0.717) is 11.3 Å². The van der Waals surface area contributed by atoms with E-state index in [1.54, 1.807) is 12.4 Å². The van der Waals surface area contributed by atoms with Crippen molar-refractivity contribution in [2.24, 2.45) is 0 Å². The molecular weight excluding hydrogens is 287 g/mol. The molecule has 3 aromatic rings. The van der Waals surface area contributed by atoms with Crippen molar-refractivity contribution >= 4 is 35.0 Å². The van der Waals surface area contributed by atoms with Crippen LogP contribution >= 0.6 is 12.6 Å². The zero-order valence-corrected chi connectivity index (χ0v) is 11.8. The van der Waals surface area contributed by atoms with Gasteiger partial charge in [-0.1, -0.05) is 12.1 Å². The van der Waals surface area contributed by atoms with Crippen molar-refractivity contribution in [1.29, 1.82) is 0 Å². The number of nitrogens with zero attached hydrogens (tertiary/aromatic N) is 1. The van der Waals surface area contributed by atoms with E-state index in [1.165, 1.54) is 18.2 Å². The minimum absolute atomic E-state index is 0.143. The molecule has 5 heteroatoms. The zero-order chi connectivity index (χ0) is 14.8. The molecule has 104 valence electrons. The number of rotatable bonds is 2. The Hall–Kier alpha value is -2.40. The molecule has 3 rings (SSSR count). The molecule has 0 aliphatic rings. The Morgan fingerprint density at radius 2 is 2.05 bits per heavy atom. The molecule has 0 aliphatic heterocycles. The zero-order valence-electron chi connectivity index (χ0n) is 10.9. The highest BCUT2D eigenvalue weighted by atomic mass is 32.1. The molecule has 3 nitrogen and oxygen atoms in total. The second-order valence-electron chi connectivity index (χ2n) is 4.52. The molecule has 0 atom stereocenters. The second kappa shape index (κ2) is 5.54. The van der Waals surface area contributed by atoms with Crippen molar-refractivity contribution < 1.29 is 9.18 Å². The van der Waals surface area contributed by atoms with Crippen LogP contribution in [0.4, 0.5) is 10.1 Å². The lowest BCUT2D eigenvalue weighted by atomic mass is 10.1. The van der Waals surface area contributed by atoms with Crippen LogP contribution in [0.2, 0.25) is 0 Å². The monoisotopic (exact) mass is 298 g/mol. The van der Waals surface area contributed by atoms with Gasteiger partial charge in [0.15, 0.2) is 0 Å². The maximum Gasteiger partial charge on any atom is 0.255 e. The lowest BCUT2D eigenvalue weighted by Crippen LogP contribution is -2.12. The normalized spacial score (nSPS) is 10.6. The summed E-state index contributed by atoms with van der Waals surface area (Å²) in [4.78, 5) is 16.4. The fourth-order valence-corrected chi connectivity index (χ4v) is 2.29. The molecule has 0 fully saturated rings. The standard InChI is InChI=1S/C16H11FN2OS/c17-13-5-4-10(8-15(13)21)16(20)19-14-3-1-2-11-9-18-7-6-12(11)14/h1-9,21H,(H,19,20). The third-order valence-electron chi connectivity index (χ3n) is 3.14. The first-order valence-corrected chi connectivity index (χ1v) is 6.72. The van der Waals surface area contributed by atoms with Crippen molar-refractivity contribution in [3.8, 4) is 0 Å². The van der Waals surface area contributed by atoms with Gasteiger partial charge < -0.3 is 5.32 Å². The van der Waals surface area contributed by atoms with E-state index in [2.05, 4.69) is 22.9 Å². The fraction of sp³-hybridized carbons (Fsp3) is 0. The van der Waals surface area contributed by atoms with Crippen LogP contribution < -0.4 is 5.32 Å². The van der Waals surface area contributed by atoms with Gasteiger partial charge >= 0.3 is 0 Å². The summed E-state index contributed by atoms with van der Waals surface area (Å²) in [5.74, 6) is -0.763. The molecule has 1 N–H and O–H groups in total. The number of carbonyl (C=O) groups excluding carboxylic acids is 1. The number of carbonyl (C=O) groups is 1. The maximum atomic E-state index is 13.2. The van der Waals surface area contributed by atoms with Gasteiger partial charge in [0.1, 0.15) is 5.82 Å². The predicted molar refractivity (Wildman–Crippen MR) is 83.3 cm³/mol. The Kier molecular flexibility index (Phi) is 3.58. The quantitative estimate of drug-likeness (QED) is 0.704. The SMILES string of the molecule is O=C(Nc1cccc2cnccc12)c1ccc(F)c(S)c1. The van der Waals surface area contributed by atoms with Gasteiger partial charge in [-0.25, -0.2) is 4.39 Å². The average molecular weight is 298 g/mol. The van der Waals surface area contributed by atoms with E-state index >= 15 is 0 Å². The number of anilines is 1. The number of fused-ring (bicyclic) bond motifs is 1. The van der Waals surface area contributed by atoms with E-state index in [1.807, 2.05) is 24.3 Å². The Labute approximate surface area is 126 Å². The molecule has 0 saturated heterocycles. The van der Waals surface area contributed by atoms with Gasteiger partial charge in [0, 0.05) is 39.3 Å². The first-order chi connectivity index (χ1) is 10.1. The largest absolute Gasteiger partial charge is 0.321 e. The fourth-order valence-electron chi connectivity index (χ4n) is 2.08. The number of nitrogens with one attached hydrogen (secondary N) is 1. The van der Waals surface area contributed by atoms with Crippen LogP contribution in [0, 0.1) is 5.82 Å². The lowest BCUT2D eigenvalue weighted by Gasteiger charge is -2.09. The molecule has 0 bridgehead atoms. The van der Waals surface area contributed by atoms with Crippen LogP contribution in [-0.4, -0.2) is 10.9 Å². The Bertz CT molecular complexity index is 830. The Morgan fingerprint density at radius 3 is 2.86 bits per heavy atom. The summed E-state index contributed by atoms with van der Waals surface area (Å²) >= 11 is 3.98. The molecule has 0 aliphatic carbocycles. The van der Waals surface area contributed by atoms with Gasteiger partial charge in [-0.3, -0.25) is 9.78 Å². The molecule has 0 radical (unpaired) electrons. The van der Waals surface area contributed by atoms with Crippen LogP contribution in [0.3, 0.4) is 0 Å². The van der Waals surface area contributed by atoms with Crippen molar-refractivity contribution in [3.63, 3.8) is 0 Å². The summed E-state index contributed by atoms with van der Waals surface area (Å²) in [5.41, 5.74) is 1.04.